The minimum Gasteiger partial charge on any atom is -0.464 e. The predicted octanol–water partition coefficient (Wildman–Crippen LogP) is 3.84. The monoisotopic (exact) mass is 325 g/mol. The first-order chi connectivity index (χ1) is 11.7. The molecule has 0 aliphatic rings. The number of hydrogen-bond acceptors (Lipinski definition) is 3. The largest absolute Gasteiger partial charge is 0.464 e. The summed E-state index contributed by atoms with van der Waals surface area (Å²) < 4.78 is 19.2. The zero-order chi connectivity index (χ0) is 16.8. The van der Waals surface area contributed by atoms with Gasteiger partial charge in [0, 0.05) is 24.5 Å². The van der Waals surface area contributed by atoms with E-state index in [0.717, 1.165) is 5.56 Å². The van der Waals surface area contributed by atoms with Crippen LogP contribution in [0, 0.1) is 5.82 Å². The Morgan fingerprint density at radius 3 is 2.75 bits per heavy atom. The average molecular weight is 325 g/mol. The van der Waals surface area contributed by atoms with Crippen molar-refractivity contribution in [1.82, 2.24) is 10.3 Å². The van der Waals surface area contributed by atoms with E-state index in [2.05, 4.69) is 15.6 Å². The molecule has 122 valence electrons. The van der Waals surface area contributed by atoms with E-state index in [4.69, 9.17) is 4.42 Å². The standard InChI is InChI=1S/C18H16FN3O2/c19-15-4-3-14(17-2-1-11-24-17)12-16(15)22-18(23)21-10-7-13-5-8-20-9-6-13/h1-6,8-9,11-12H,7,10H2,(H2,21,22,23). The number of amides is 2. The van der Waals surface area contributed by atoms with Gasteiger partial charge in [0.1, 0.15) is 11.6 Å². The molecule has 0 saturated heterocycles. The summed E-state index contributed by atoms with van der Waals surface area (Å²) in [5, 5.41) is 5.22. The lowest BCUT2D eigenvalue weighted by Gasteiger charge is -2.09. The molecule has 5 nitrogen and oxygen atoms in total. The second-order valence-corrected chi connectivity index (χ2v) is 5.16. The van der Waals surface area contributed by atoms with Crippen LogP contribution in [-0.4, -0.2) is 17.6 Å². The molecule has 6 heteroatoms. The van der Waals surface area contributed by atoms with Crippen LogP contribution in [0.3, 0.4) is 0 Å². The van der Waals surface area contributed by atoms with Gasteiger partial charge in [-0.25, -0.2) is 9.18 Å². The van der Waals surface area contributed by atoms with Gasteiger partial charge in [-0.2, -0.15) is 0 Å². The number of carbonyl (C=O) groups is 1. The van der Waals surface area contributed by atoms with Gasteiger partial charge in [0.15, 0.2) is 0 Å². The van der Waals surface area contributed by atoms with Crippen LogP contribution in [0.15, 0.2) is 65.5 Å². The van der Waals surface area contributed by atoms with Gasteiger partial charge >= 0.3 is 6.03 Å². The second-order valence-electron chi connectivity index (χ2n) is 5.16. The Bertz CT molecular complexity index is 804. The molecule has 3 rings (SSSR count). The lowest BCUT2D eigenvalue weighted by molar-refractivity contribution is 0.252. The molecule has 0 atom stereocenters. The van der Waals surface area contributed by atoms with Crippen molar-refractivity contribution in [3.8, 4) is 11.3 Å². The molecule has 0 aliphatic heterocycles. The Labute approximate surface area is 138 Å². The van der Waals surface area contributed by atoms with Crippen molar-refractivity contribution < 1.29 is 13.6 Å². The number of benzene rings is 1. The smallest absolute Gasteiger partial charge is 0.319 e. The summed E-state index contributed by atoms with van der Waals surface area (Å²) in [5.74, 6) is 0.103. The van der Waals surface area contributed by atoms with Crippen LogP contribution in [-0.2, 0) is 6.42 Å². The minimum absolute atomic E-state index is 0.102. The van der Waals surface area contributed by atoms with Crippen LogP contribution < -0.4 is 10.6 Å². The number of hydrogen-bond donors (Lipinski definition) is 2. The van der Waals surface area contributed by atoms with E-state index >= 15 is 0 Å². The van der Waals surface area contributed by atoms with Crippen LogP contribution in [0.1, 0.15) is 5.56 Å². The van der Waals surface area contributed by atoms with E-state index in [9.17, 15) is 9.18 Å². The van der Waals surface area contributed by atoms with Crippen molar-refractivity contribution in [2.45, 2.75) is 6.42 Å². The lowest BCUT2D eigenvalue weighted by atomic mass is 10.1. The van der Waals surface area contributed by atoms with Crippen molar-refractivity contribution in [3.05, 3.63) is 72.5 Å². The van der Waals surface area contributed by atoms with E-state index < -0.39 is 11.8 Å². The van der Waals surface area contributed by atoms with E-state index in [-0.39, 0.29) is 5.69 Å². The molecule has 0 bridgehead atoms. The van der Waals surface area contributed by atoms with Crippen molar-refractivity contribution in [2.75, 3.05) is 11.9 Å². The third-order valence-corrected chi connectivity index (χ3v) is 3.47. The number of nitrogens with zero attached hydrogens (tertiary/aromatic N) is 1. The molecule has 0 radical (unpaired) electrons. The fraction of sp³-hybridized carbons (Fsp3) is 0.111. The number of aromatic nitrogens is 1. The van der Waals surface area contributed by atoms with Gasteiger partial charge in [0.25, 0.3) is 0 Å². The van der Waals surface area contributed by atoms with Gasteiger partial charge in [0.05, 0.1) is 12.0 Å². The summed E-state index contributed by atoms with van der Waals surface area (Å²) in [6.45, 7) is 0.440. The van der Waals surface area contributed by atoms with Crippen LogP contribution >= 0.6 is 0 Å². The molecule has 0 unspecified atom stereocenters. The van der Waals surface area contributed by atoms with Crippen molar-refractivity contribution >= 4 is 11.7 Å². The van der Waals surface area contributed by atoms with Crippen LogP contribution in [0.4, 0.5) is 14.9 Å². The summed E-state index contributed by atoms with van der Waals surface area (Å²) in [6, 6.07) is 11.3. The van der Waals surface area contributed by atoms with Crippen LogP contribution in [0.5, 0.6) is 0 Å². The van der Waals surface area contributed by atoms with E-state index in [1.54, 1.807) is 30.6 Å². The molecular weight excluding hydrogens is 309 g/mol. The summed E-state index contributed by atoms with van der Waals surface area (Å²) in [4.78, 5) is 15.9. The highest BCUT2D eigenvalue weighted by atomic mass is 19.1. The maximum atomic E-state index is 13.9. The SMILES string of the molecule is O=C(NCCc1ccncc1)Nc1cc(-c2ccco2)ccc1F. The number of halogens is 1. The number of rotatable bonds is 5. The van der Waals surface area contributed by atoms with Crippen LogP contribution in [0.2, 0.25) is 0 Å². The maximum absolute atomic E-state index is 13.9. The minimum atomic E-state index is -0.505. The van der Waals surface area contributed by atoms with E-state index in [1.165, 1.54) is 18.4 Å². The lowest BCUT2D eigenvalue weighted by Crippen LogP contribution is -2.30. The zero-order valence-electron chi connectivity index (χ0n) is 12.8. The number of anilines is 1. The molecule has 2 heterocycles. The fourth-order valence-electron chi connectivity index (χ4n) is 2.25. The molecule has 0 fully saturated rings. The van der Waals surface area contributed by atoms with Gasteiger partial charge in [-0.1, -0.05) is 0 Å². The third-order valence-electron chi connectivity index (χ3n) is 3.47. The number of carbonyl (C=O) groups excluding carboxylic acids is 1. The quantitative estimate of drug-likeness (QED) is 0.749. The zero-order valence-corrected chi connectivity index (χ0v) is 12.8. The molecule has 2 amide bonds. The Morgan fingerprint density at radius 2 is 2.00 bits per heavy atom. The molecule has 0 aliphatic carbocycles. The topological polar surface area (TPSA) is 67.2 Å². The maximum Gasteiger partial charge on any atom is 0.319 e. The second kappa shape index (κ2) is 7.41. The molecule has 2 aromatic heterocycles. The number of urea groups is 1. The molecule has 3 aromatic rings. The number of furan rings is 1. The molecule has 0 saturated carbocycles. The molecular formula is C18H16FN3O2. The van der Waals surface area contributed by atoms with Gasteiger partial charge in [-0.3, -0.25) is 4.98 Å². The number of nitrogens with one attached hydrogen (secondary N) is 2. The summed E-state index contributed by atoms with van der Waals surface area (Å²) >= 11 is 0. The van der Waals surface area contributed by atoms with Crippen molar-refractivity contribution in [3.63, 3.8) is 0 Å². The highest BCUT2D eigenvalue weighted by Crippen LogP contribution is 2.25. The Morgan fingerprint density at radius 1 is 1.17 bits per heavy atom. The average Bonchev–Trinajstić information content (AvgIpc) is 3.12. The normalized spacial score (nSPS) is 10.4. The van der Waals surface area contributed by atoms with Crippen molar-refractivity contribution in [1.29, 1.82) is 0 Å². The first-order valence-corrected chi connectivity index (χ1v) is 7.49. The molecule has 0 spiro atoms. The van der Waals surface area contributed by atoms with Crippen molar-refractivity contribution in [2.24, 2.45) is 0 Å². The van der Waals surface area contributed by atoms with E-state index in [0.29, 0.717) is 24.3 Å². The fourth-order valence-corrected chi connectivity index (χ4v) is 2.25. The molecule has 1 aromatic carbocycles. The molecule has 2 N–H and O–H groups in total. The Hall–Kier alpha value is -3.15. The summed E-state index contributed by atoms with van der Waals surface area (Å²) in [6.07, 6.45) is 5.61. The van der Waals surface area contributed by atoms with Gasteiger partial charge in [-0.15, -0.1) is 0 Å². The first kappa shape index (κ1) is 15.7. The Balaban J connectivity index is 1.59. The van der Waals surface area contributed by atoms with Crippen LogP contribution in [0.25, 0.3) is 11.3 Å². The van der Waals surface area contributed by atoms with E-state index in [1.807, 2.05) is 12.1 Å². The van der Waals surface area contributed by atoms with Gasteiger partial charge < -0.3 is 15.1 Å². The highest BCUT2D eigenvalue weighted by Gasteiger charge is 2.09. The van der Waals surface area contributed by atoms with Gasteiger partial charge in [-0.05, 0) is 54.4 Å². The predicted molar refractivity (Wildman–Crippen MR) is 89.1 cm³/mol. The number of pyridine rings is 1. The molecule has 24 heavy (non-hydrogen) atoms. The van der Waals surface area contributed by atoms with Gasteiger partial charge in [0.2, 0.25) is 0 Å². The summed E-state index contributed by atoms with van der Waals surface area (Å²) in [5.41, 5.74) is 1.86. The Kier molecular flexibility index (Phi) is 4.86. The summed E-state index contributed by atoms with van der Waals surface area (Å²) in [7, 11) is 0. The highest BCUT2D eigenvalue weighted by molar-refractivity contribution is 5.90. The third kappa shape index (κ3) is 3.98. The first-order valence-electron chi connectivity index (χ1n) is 7.49.